The van der Waals surface area contributed by atoms with Gasteiger partial charge in [-0.2, -0.15) is 0 Å². The van der Waals surface area contributed by atoms with Crippen LogP contribution in [0, 0.1) is 13.8 Å². The van der Waals surface area contributed by atoms with Crippen LogP contribution in [-0.2, 0) is 13.2 Å². The highest BCUT2D eigenvalue weighted by Gasteiger charge is 2.05. The van der Waals surface area contributed by atoms with Gasteiger partial charge in [0.05, 0.1) is 5.69 Å². The Bertz CT molecular complexity index is 534. The van der Waals surface area contributed by atoms with E-state index in [4.69, 9.17) is 10.5 Å². The van der Waals surface area contributed by atoms with Gasteiger partial charge in [-0.25, -0.2) is 4.98 Å². The molecule has 2 aromatic rings. The third-order valence-electron chi connectivity index (χ3n) is 2.67. The molecule has 1 heterocycles. The van der Waals surface area contributed by atoms with Gasteiger partial charge in [0.1, 0.15) is 17.4 Å². The molecule has 0 bridgehead atoms. The van der Waals surface area contributed by atoms with Crippen molar-refractivity contribution in [3.05, 3.63) is 43.8 Å². The first kappa shape index (κ1) is 13.5. The van der Waals surface area contributed by atoms with Crippen LogP contribution >= 0.6 is 27.3 Å². The molecule has 1 aromatic carbocycles. The minimum atomic E-state index is 0.493. The average molecular weight is 327 g/mol. The van der Waals surface area contributed by atoms with Gasteiger partial charge >= 0.3 is 0 Å². The van der Waals surface area contributed by atoms with Gasteiger partial charge in [0.15, 0.2) is 0 Å². The normalized spacial score (nSPS) is 10.7. The molecule has 0 aliphatic heterocycles. The van der Waals surface area contributed by atoms with E-state index in [9.17, 15) is 0 Å². The lowest BCUT2D eigenvalue weighted by molar-refractivity contribution is 0.305. The van der Waals surface area contributed by atoms with Crippen LogP contribution in [0.4, 0.5) is 0 Å². The van der Waals surface area contributed by atoms with Gasteiger partial charge in [0.25, 0.3) is 0 Å². The summed E-state index contributed by atoms with van der Waals surface area (Å²) in [7, 11) is 0. The van der Waals surface area contributed by atoms with Crippen LogP contribution < -0.4 is 10.5 Å². The Morgan fingerprint density at radius 1 is 1.39 bits per heavy atom. The van der Waals surface area contributed by atoms with Gasteiger partial charge in [0, 0.05) is 15.9 Å². The molecule has 0 saturated carbocycles. The second-order valence-corrected chi connectivity index (χ2v) is 6.14. The van der Waals surface area contributed by atoms with Crippen molar-refractivity contribution in [1.29, 1.82) is 0 Å². The summed E-state index contributed by atoms with van der Waals surface area (Å²) in [5.74, 6) is 0.823. The van der Waals surface area contributed by atoms with Crippen molar-refractivity contribution < 1.29 is 4.74 Å². The fraction of sp³-hybridized carbons (Fsp3) is 0.308. The lowest BCUT2D eigenvalue weighted by Crippen LogP contribution is -2.00. The van der Waals surface area contributed by atoms with E-state index in [1.54, 1.807) is 11.3 Å². The minimum absolute atomic E-state index is 0.493. The maximum absolute atomic E-state index is 5.73. The van der Waals surface area contributed by atoms with Crippen LogP contribution in [-0.4, -0.2) is 4.98 Å². The Labute approximate surface area is 119 Å². The molecule has 0 amide bonds. The summed E-state index contributed by atoms with van der Waals surface area (Å²) in [6.07, 6.45) is 0. The minimum Gasteiger partial charge on any atom is -0.486 e. The number of benzene rings is 1. The van der Waals surface area contributed by atoms with Crippen LogP contribution in [0.1, 0.15) is 21.1 Å². The molecular formula is C13H15BrN2OS. The van der Waals surface area contributed by atoms with E-state index in [1.807, 2.05) is 25.1 Å². The fourth-order valence-electron chi connectivity index (χ4n) is 1.54. The van der Waals surface area contributed by atoms with E-state index in [-0.39, 0.29) is 0 Å². The van der Waals surface area contributed by atoms with Crippen LogP contribution in [0.2, 0.25) is 0 Å². The van der Waals surface area contributed by atoms with E-state index in [0.717, 1.165) is 26.5 Å². The van der Waals surface area contributed by atoms with Gasteiger partial charge in [0.2, 0.25) is 0 Å². The van der Waals surface area contributed by atoms with E-state index < -0.39 is 0 Å². The van der Waals surface area contributed by atoms with Crippen molar-refractivity contribution in [3.8, 4) is 5.75 Å². The number of hydrogen-bond donors (Lipinski definition) is 1. The lowest BCUT2D eigenvalue weighted by Gasteiger charge is -2.07. The van der Waals surface area contributed by atoms with Gasteiger partial charge in [-0.15, -0.1) is 11.3 Å². The topological polar surface area (TPSA) is 48.1 Å². The number of thiazole rings is 1. The molecule has 0 radical (unpaired) electrons. The average Bonchev–Trinajstić information content (AvgIpc) is 2.68. The second kappa shape index (κ2) is 5.82. The Morgan fingerprint density at radius 2 is 2.17 bits per heavy atom. The molecule has 0 spiro atoms. The molecule has 0 aliphatic carbocycles. The zero-order valence-corrected chi connectivity index (χ0v) is 12.8. The van der Waals surface area contributed by atoms with Crippen LogP contribution in [0.5, 0.6) is 5.75 Å². The first-order valence-corrected chi connectivity index (χ1v) is 7.25. The SMILES string of the molecule is Cc1nc(COc2ccc(Br)c(CN)c2)sc1C. The van der Waals surface area contributed by atoms with E-state index >= 15 is 0 Å². The third kappa shape index (κ3) is 3.10. The summed E-state index contributed by atoms with van der Waals surface area (Å²) in [6.45, 7) is 5.09. The maximum Gasteiger partial charge on any atom is 0.140 e. The summed E-state index contributed by atoms with van der Waals surface area (Å²) in [4.78, 5) is 5.69. The maximum atomic E-state index is 5.73. The molecule has 0 atom stereocenters. The Morgan fingerprint density at radius 3 is 2.78 bits per heavy atom. The molecule has 0 saturated heterocycles. The fourth-order valence-corrected chi connectivity index (χ4v) is 2.80. The number of aryl methyl sites for hydroxylation is 2. The number of rotatable bonds is 4. The Kier molecular flexibility index (Phi) is 4.37. The first-order chi connectivity index (χ1) is 8.60. The molecule has 0 fully saturated rings. The predicted molar refractivity (Wildman–Crippen MR) is 78.0 cm³/mol. The van der Waals surface area contributed by atoms with Crippen molar-refractivity contribution in [2.45, 2.75) is 27.0 Å². The molecule has 3 nitrogen and oxygen atoms in total. The number of hydrogen-bond acceptors (Lipinski definition) is 4. The highest BCUT2D eigenvalue weighted by atomic mass is 79.9. The van der Waals surface area contributed by atoms with Crippen molar-refractivity contribution in [1.82, 2.24) is 4.98 Å². The van der Waals surface area contributed by atoms with Crippen molar-refractivity contribution in [2.24, 2.45) is 5.73 Å². The highest BCUT2D eigenvalue weighted by Crippen LogP contribution is 2.24. The zero-order chi connectivity index (χ0) is 13.1. The van der Waals surface area contributed by atoms with Crippen LogP contribution in [0.15, 0.2) is 22.7 Å². The first-order valence-electron chi connectivity index (χ1n) is 5.64. The molecule has 2 N–H and O–H groups in total. The Hall–Kier alpha value is -0.910. The van der Waals surface area contributed by atoms with E-state index in [1.165, 1.54) is 4.88 Å². The summed E-state index contributed by atoms with van der Waals surface area (Å²) in [5, 5.41) is 1.00. The van der Waals surface area contributed by atoms with Gasteiger partial charge in [-0.05, 0) is 37.6 Å². The zero-order valence-electron chi connectivity index (χ0n) is 10.4. The van der Waals surface area contributed by atoms with Gasteiger partial charge < -0.3 is 10.5 Å². The van der Waals surface area contributed by atoms with Crippen LogP contribution in [0.25, 0.3) is 0 Å². The summed E-state index contributed by atoms with van der Waals surface area (Å²) < 4.78 is 6.74. The summed E-state index contributed by atoms with van der Waals surface area (Å²) in [5.41, 5.74) is 7.78. The van der Waals surface area contributed by atoms with Gasteiger partial charge in [-0.1, -0.05) is 15.9 Å². The second-order valence-electron chi connectivity index (χ2n) is 4.00. The molecule has 96 valence electrons. The molecule has 0 unspecified atom stereocenters. The molecule has 5 heteroatoms. The molecule has 2 rings (SSSR count). The monoisotopic (exact) mass is 326 g/mol. The number of aromatic nitrogens is 1. The number of nitrogens with two attached hydrogens (primary N) is 1. The van der Waals surface area contributed by atoms with Crippen molar-refractivity contribution in [2.75, 3.05) is 0 Å². The van der Waals surface area contributed by atoms with Crippen LogP contribution in [0.3, 0.4) is 0 Å². The number of ether oxygens (including phenoxy) is 1. The van der Waals surface area contributed by atoms with E-state index in [0.29, 0.717) is 13.2 Å². The predicted octanol–water partition coefficient (Wildman–Crippen LogP) is 3.56. The number of halogens is 1. The lowest BCUT2D eigenvalue weighted by atomic mass is 10.2. The van der Waals surface area contributed by atoms with Gasteiger partial charge in [-0.3, -0.25) is 0 Å². The summed E-state index contributed by atoms with van der Waals surface area (Å²) >= 11 is 5.13. The largest absolute Gasteiger partial charge is 0.486 e. The molecule has 0 aliphatic rings. The third-order valence-corrected chi connectivity index (χ3v) is 4.49. The van der Waals surface area contributed by atoms with Crippen molar-refractivity contribution in [3.63, 3.8) is 0 Å². The Balaban J connectivity index is 2.06. The standard InChI is InChI=1S/C13H15BrN2OS/c1-8-9(2)18-13(16-8)7-17-11-3-4-12(14)10(5-11)6-15/h3-5H,6-7,15H2,1-2H3. The molecule has 1 aromatic heterocycles. The van der Waals surface area contributed by atoms with E-state index in [2.05, 4.69) is 27.8 Å². The van der Waals surface area contributed by atoms with Crippen molar-refractivity contribution >= 4 is 27.3 Å². The smallest absolute Gasteiger partial charge is 0.140 e. The molecular weight excluding hydrogens is 312 g/mol. The summed E-state index contributed by atoms with van der Waals surface area (Å²) in [6, 6.07) is 5.84. The molecule has 18 heavy (non-hydrogen) atoms. The quantitative estimate of drug-likeness (QED) is 0.934. The number of nitrogens with zero attached hydrogens (tertiary/aromatic N) is 1. The highest BCUT2D eigenvalue weighted by molar-refractivity contribution is 9.10.